The van der Waals surface area contributed by atoms with E-state index in [1.54, 1.807) is 0 Å². The summed E-state index contributed by atoms with van der Waals surface area (Å²) in [5, 5.41) is 0. The molecule has 0 heterocycles. The van der Waals surface area contributed by atoms with E-state index in [9.17, 15) is 0 Å². The van der Waals surface area contributed by atoms with Gasteiger partial charge in [0.15, 0.2) is 11.5 Å². The molecule has 0 aliphatic heterocycles. The van der Waals surface area contributed by atoms with E-state index in [0.29, 0.717) is 0 Å². The number of allylic oxidation sites excluding steroid dienone is 4. The number of benzene rings is 1. The molecular weight excluding hydrogens is 587 g/mol. The third-order valence-electron chi connectivity index (χ3n) is 9.33. The Morgan fingerprint density at radius 2 is 0.792 bits per heavy atom. The SMILES string of the molecule is CCCCCCCCC=CCCCCCCCCOc1ccc(CN(C)C)cc1OCCCCCCCCC=CCCCCCCCC. The summed E-state index contributed by atoms with van der Waals surface area (Å²) in [5.41, 5.74) is 1.28. The van der Waals surface area contributed by atoms with Crippen LogP contribution in [-0.2, 0) is 6.54 Å². The van der Waals surface area contributed by atoms with E-state index in [4.69, 9.17) is 9.47 Å². The number of nitrogens with zero attached hydrogens (tertiary/aromatic N) is 1. The molecule has 48 heavy (non-hydrogen) atoms. The molecule has 0 aliphatic carbocycles. The van der Waals surface area contributed by atoms with Crippen LogP contribution in [0.25, 0.3) is 0 Å². The first-order valence-corrected chi connectivity index (χ1v) is 21.0. The van der Waals surface area contributed by atoms with Crippen LogP contribution in [0.15, 0.2) is 42.5 Å². The summed E-state index contributed by atoms with van der Waals surface area (Å²) in [6.07, 6.45) is 46.8. The fraction of sp³-hybridized carbons (Fsp3) is 0.778. The standard InChI is InChI=1S/C45H81NO2/c1-5-7-9-11-13-15-17-19-21-23-25-27-29-31-33-35-39-47-44-38-37-43(42-46(3)4)41-45(44)48-40-36-34-32-30-28-26-24-22-20-18-16-14-12-10-8-6-2/h19-22,37-38,41H,5-18,23-36,39-40,42H2,1-4H3. The predicted octanol–water partition coefficient (Wildman–Crippen LogP) is 14.6. The second-order valence-electron chi connectivity index (χ2n) is 14.6. The monoisotopic (exact) mass is 668 g/mol. The Morgan fingerprint density at radius 1 is 0.438 bits per heavy atom. The molecule has 0 N–H and O–H groups in total. The van der Waals surface area contributed by atoms with E-state index in [2.05, 4.69) is 75.3 Å². The Hall–Kier alpha value is -1.74. The van der Waals surface area contributed by atoms with Crippen LogP contribution in [0.4, 0.5) is 0 Å². The highest BCUT2D eigenvalue weighted by molar-refractivity contribution is 5.43. The van der Waals surface area contributed by atoms with E-state index in [0.717, 1.165) is 44.1 Å². The molecule has 278 valence electrons. The van der Waals surface area contributed by atoms with Gasteiger partial charge in [0.05, 0.1) is 13.2 Å². The molecule has 0 saturated heterocycles. The van der Waals surface area contributed by atoms with Crippen LogP contribution in [-0.4, -0.2) is 32.2 Å². The van der Waals surface area contributed by atoms with Crippen molar-refractivity contribution in [3.05, 3.63) is 48.1 Å². The van der Waals surface area contributed by atoms with Crippen LogP contribution in [0.1, 0.15) is 199 Å². The maximum atomic E-state index is 6.30. The lowest BCUT2D eigenvalue weighted by atomic mass is 10.1. The summed E-state index contributed by atoms with van der Waals surface area (Å²) >= 11 is 0. The quantitative estimate of drug-likeness (QED) is 0.0525. The summed E-state index contributed by atoms with van der Waals surface area (Å²) in [6.45, 7) is 7.05. The fourth-order valence-electron chi connectivity index (χ4n) is 6.31. The molecule has 0 aliphatic rings. The topological polar surface area (TPSA) is 21.7 Å². The van der Waals surface area contributed by atoms with Gasteiger partial charge >= 0.3 is 0 Å². The molecule has 0 unspecified atom stereocenters. The summed E-state index contributed by atoms with van der Waals surface area (Å²) in [7, 11) is 4.23. The highest BCUT2D eigenvalue weighted by Gasteiger charge is 2.08. The van der Waals surface area contributed by atoms with Gasteiger partial charge in [0.1, 0.15) is 0 Å². The van der Waals surface area contributed by atoms with E-state index < -0.39 is 0 Å². The Kier molecular flexibility index (Phi) is 32.4. The van der Waals surface area contributed by atoms with Crippen LogP contribution < -0.4 is 9.47 Å². The number of hydrogen-bond donors (Lipinski definition) is 0. The highest BCUT2D eigenvalue weighted by Crippen LogP contribution is 2.29. The van der Waals surface area contributed by atoms with Crippen LogP contribution >= 0.6 is 0 Å². The highest BCUT2D eigenvalue weighted by atomic mass is 16.5. The van der Waals surface area contributed by atoms with Crippen molar-refractivity contribution in [2.45, 2.75) is 200 Å². The van der Waals surface area contributed by atoms with Crippen molar-refractivity contribution in [1.82, 2.24) is 4.90 Å². The van der Waals surface area contributed by atoms with Crippen molar-refractivity contribution in [2.24, 2.45) is 0 Å². The van der Waals surface area contributed by atoms with Gasteiger partial charge in [-0.25, -0.2) is 0 Å². The molecule has 3 nitrogen and oxygen atoms in total. The molecule has 1 aromatic carbocycles. The van der Waals surface area contributed by atoms with Crippen molar-refractivity contribution >= 4 is 0 Å². The third kappa shape index (κ3) is 29.2. The van der Waals surface area contributed by atoms with Gasteiger partial charge in [0.2, 0.25) is 0 Å². The number of hydrogen-bond acceptors (Lipinski definition) is 3. The summed E-state index contributed by atoms with van der Waals surface area (Å²) in [5.74, 6) is 1.83. The molecule has 0 radical (unpaired) electrons. The molecule has 0 saturated carbocycles. The molecule has 3 heteroatoms. The molecule has 1 aromatic rings. The van der Waals surface area contributed by atoms with Crippen LogP contribution in [0.3, 0.4) is 0 Å². The molecule has 0 aromatic heterocycles. The summed E-state index contributed by atoms with van der Waals surface area (Å²) in [6, 6.07) is 6.50. The van der Waals surface area contributed by atoms with E-state index in [1.807, 2.05) is 0 Å². The van der Waals surface area contributed by atoms with Crippen molar-refractivity contribution in [1.29, 1.82) is 0 Å². The van der Waals surface area contributed by atoms with E-state index in [-0.39, 0.29) is 0 Å². The largest absolute Gasteiger partial charge is 0.490 e. The van der Waals surface area contributed by atoms with Gasteiger partial charge in [0.25, 0.3) is 0 Å². The molecule has 1 rings (SSSR count). The molecule has 0 spiro atoms. The lowest BCUT2D eigenvalue weighted by Gasteiger charge is -2.16. The summed E-state index contributed by atoms with van der Waals surface area (Å²) < 4.78 is 12.6. The second-order valence-corrected chi connectivity index (χ2v) is 14.6. The lowest BCUT2D eigenvalue weighted by Crippen LogP contribution is -2.11. The Bertz CT molecular complexity index is 861. The molecular formula is C45H81NO2. The van der Waals surface area contributed by atoms with Gasteiger partial charge in [-0.05, 0) is 96.0 Å². The van der Waals surface area contributed by atoms with Gasteiger partial charge in [-0.15, -0.1) is 0 Å². The average Bonchev–Trinajstić information content (AvgIpc) is 3.08. The molecule has 0 atom stereocenters. The fourth-order valence-corrected chi connectivity index (χ4v) is 6.31. The van der Waals surface area contributed by atoms with Gasteiger partial charge in [-0.3, -0.25) is 0 Å². The van der Waals surface area contributed by atoms with Gasteiger partial charge < -0.3 is 14.4 Å². The number of rotatable bonds is 36. The zero-order chi connectivity index (χ0) is 34.6. The van der Waals surface area contributed by atoms with Crippen molar-refractivity contribution < 1.29 is 9.47 Å². The smallest absolute Gasteiger partial charge is 0.161 e. The minimum absolute atomic E-state index is 0.775. The van der Waals surface area contributed by atoms with Gasteiger partial charge in [-0.2, -0.15) is 0 Å². The Labute approximate surface area is 300 Å². The first-order valence-electron chi connectivity index (χ1n) is 21.0. The number of unbranched alkanes of at least 4 members (excludes halogenated alkanes) is 24. The molecule has 0 fully saturated rings. The van der Waals surface area contributed by atoms with Crippen molar-refractivity contribution in [3.63, 3.8) is 0 Å². The Balaban J connectivity index is 2.12. The normalized spacial score (nSPS) is 11.9. The lowest BCUT2D eigenvalue weighted by molar-refractivity contribution is 0.257. The minimum Gasteiger partial charge on any atom is -0.490 e. The Morgan fingerprint density at radius 3 is 1.19 bits per heavy atom. The number of ether oxygens (including phenoxy) is 2. The molecule has 0 amide bonds. The maximum absolute atomic E-state index is 6.30. The van der Waals surface area contributed by atoms with Crippen LogP contribution in [0.5, 0.6) is 11.5 Å². The van der Waals surface area contributed by atoms with Crippen LogP contribution in [0, 0.1) is 0 Å². The average molecular weight is 668 g/mol. The first-order chi connectivity index (χ1) is 23.7. The predicted molar refractivity (Wildman–Crippen MR) is 214 cm³/mol. The second kappa shape index (κ2) is 35.1. The third-order valence-corrected chi connectivity index (χ3v) is 9.33. The maximum Gasteiger partial charge on any atom is 0.161 e. The zero-order valence-corrected chi connectivity index (χ0v) is 32.7. The summed E-state index contributed by atoms with van der Waals surface area (Å²) in [4.78, 5) is 2.21. The minimum atomic E-state index is 0.775. The van der Waals surface area contributed by atoms with Gasteiger partial charge in [0, 0.05) is 6.54 Å². The molecule has 0 bridgehead atoms. The van der Waals surface area contributed by atoms with Gasteiger partial charge in [-0.1, -0.05) is 160 Å². The first kappa shape index (κ1) is 44.3. The van der Waals surface area contributed by atoms with Crippen molar-refractivity contribution in [3.8, 4) is 11.5 Å². The van der Waals surface area contributed by atoms with E-state index >= 15 is 0 Å². The van der Waals surface area contributed by atoms with E-state index in [1.165, 1.54) is 173 Å². The zero-order valence-electron chi connectivity index (χ0n) is 32.7. The van der Waals surface area contributed by atoms with Crippen LogP contribution in [0.2, 0.25) is 0 Å². The van der Waals surface area contributed by atoms with Crippen molar-refractivity contribution in [2.75, 3.05) is 27.3 Å².